The Hall–Kier alpha value is -2.24. The van der Waals surface area contributed by atoms with Gasteiger partial charge >= 0.3 is 0 Å². The third-order valence-corrected chi connectivity index (χ3v) is 6.57. The van der Waals surface area contributed by atoms with Gasteiger partial charge in [0.2, 0.25) is 0 Å². The van der Waals surface area contributed by atoms with Crippen LogP contribution in [0.3, 0.4) is 0 Å². The van der Waals surface area contributed by atoms with Gasteiger partial charge in [-0.15, -0.1) is 11.3 Å². The number of para-hydroxylation sites is 1. The average molecular weight is 394 g/mol. The molecule has 0 bridgehead atoms. The Morgan fingerprint density at radius 1 is 1.11 bits per heavy atom. The molecule has 28 heavy (non-hydrogen) atoms. The van der Waals surface area contributed by atoms with E-state index in [-0.39, 0.29) is 5.91 Å². The highest BCUT2D eigenvalue weighted by atomic mass is 32.1. The monoisotopic (exact) mass is 393 g/mol. The fraction of sp³-hybridized carbons (Fsp3) is 0.391. The van der Waals surface area contributed by atoms with Crippen molar-refractivity contribution < 1.29 is 4.79 Å². The van der Waals surface area contributed by atoms with E-state index in [1.807, 2.05) is 42.2 Å². The molecule has 0 saturated carbocycles. The van der Waals surface area contributed by atoms with Crippen LogP contribution in [0.4, 0.5) is 0 Å². The number of thiazole rings is 1. The molecule has 2 heterocycles. The first-order valence-electron chi connectivity index (χ1n) is 10.0. The molecule has 5 heteroatoms. The molecular weight excluding hydrogens is 366 g/mol. The quantitative estimate of drug-likeness (QED) is 0.660. The van der Waals surface area contributed by atoms with Crippen LogP contribution in [0.5, 0.6) is 0 Å². The molecule has 1 aliphatic heterocycles. The van der Waals surface area contributed by atoms with Crippen LogP contribution < -0.4 is 0 Å². The van der Waals surface area contributed by atoms with Gasteiger partial charge in [0, 0.05) is 44.2 Å². The van der Waals surface area contributed by atoms with Crippen LogP contribution in [-0.2, 0) is 6.42 Å². The molecule has 1 saturated heterocycles. The minimum absolute atomic E-state index is 0.157. The van der Waals surface area contributed by atoms with Crippen LogP contribution in [-0.4, -0.2) is 52.9 Å². The minimum Gasteiger partial charge on any atom is -0.337 e. The van der Waals surface area contributed by atoms with Crippen LogP contribution in [0, 0.1) is 6.92 Å². The minimum atomic E-state index is 0.157. The number of hydrogen-bond acceptors (Lipinski definition) is 4. The molecule has 1 amide bonds. The molecule has 0 spiro atoms. The zero-order valence-electron chi connectivity index (χ0n) is 16.6. The number of carbonyl (C=O) groups is 1. The van der Waals surface area contributed by atoms with E-state index in [4.69, 9.17) is 4.98 Å². The highest BCUT2D eigenvalue weighted by molar-refractivity contribution is 7.18. The van der Waals surface area contributed by atoms with Crippen molar-refractivity contribution in [1.82, 2.24) is 14.8 Å². The topological polar surface area (TPSA) is 36.4 Å². The summed E-state index contributed by atoms with van der Waals surface area (Å²) >= 11 is 1.80. The maximum absolute atomic E-state index is 12.9. The largest absolute Gasteiger partial charge is 0.337 e. The number of amides is 1. The molecule has 1 aromatic heterocycles. The number of carbonyl (C=O) groups excluding carboxylic acids is 1. The van der Waals surface area contributed by atoms with E-state index in [0.29, 0.717) is 6.04 Å². The van der Waals surface area contributed by atoms with E-state index in [9.17, 15) is 4.79 Å². The molecule has 1 aliphatic rings. The van der Waals surface area contributed by atoms with Crippen molar-refractivity contribution in [3.63, 3.8) is 0 Å². The Morgan fingerprint density at radius 2 is 1.96 bits per heavy atom. The van der Waals surface area contributed by atoms with Crippen LogP contribution in [0.2, 0.25) is 0 Å². The lowest BCUT2D eigenvalue weighted by Crippen LogP contribution is -2.39. The maximum Gasteiger partial charge on any atom is 0.253 e. The number of aryl methyl sites for hydroxylation is 1. The SMILES string of the molecule is Cc1cccc(C(=O)N2CCCN(C(C)Cc3nc4ccccc4s3)CC2)c1. The molecule has 4 nitrogen and oxygen atoms in total. The molecule has 1 unspecified atom stereocenters. The second kappa shape index (κ2) is 8.41. The second-order valence-electron chi connectivity index (χ2n) is 7.68. The first kappa shape index (κ1) is 19.1. The van der Waals surface area contributed by atoms with Crippen molar-refractivity contribution in [2.24, 2.45) is 0 Å². The number of hydrogen-bond donors (Lipinski definition) is 0. The molecule has 0 aliphatic carbocycles. The molecule has 1 fully saturated rings. The van der Waals surface area contributed by atoms with Gasteiger partial charge in [-0.1, -0.05) is 29.8 Å². The Bertz CT molecular complexity index is 934. The standard InChI is InChI=1S/C23H27N3OS/c1-17-7-5-8-19(15-17)23(27)26-12-6-11-25(13-14-26)18(2)16-22-24-20-9-3-4-10-21(20)28-22/h3-5,7-10,15,18H,6,11-14,16H2,1-2H3. The van der Waals surface area contributed by atoms with Gasteiger partial charge in [0.05, 0.1) is 15.2 Å². The van der Waals surface area contributed by atoms with Gasteiger partial charge in [0.25, 0.3) is 5.91 Å². The van der Waals surface area contributed by atoms with Gasteiger partial charge in [0.1, 0.15) is 0 Å². The summed E-state index contributed by atoms with van der Waals surface area (Å²) in [7, 11) is 0. The summed E-state index contributed by atoms with van der Waals surface area (Å²) < 4.78 is 1.26. The summed E-state index contributed by atoms with van der Waals surface area (Å²) in [6, 6.07) is 16.7. The van der Waals surface area contributed by atoms with Crippen molar-refractivity contribution in [1.29, 1.82) is 0 Å². The molecular formula is C23H27N3OS. The van der Waals surface area contributed by atoms with Crippen LogP contribution in [0.15, 0.2) is 48.5 Å². The smallest absolute Gasteiger partial charge is 0.253 e. The van der Waals surface area contributed by atoms with Gasteiger partial charge in [0.15, 0.2) is 0 Å². The predicted molar refractivity (Wildman–Crippen MR) is 116 cm³/mol. The lowest BCUT2D eigenvalue weighted by atomic mass is 10.1. The molecule has 4 rings (SSSR count). The third kappa shape index (κ3) is 4.26. The van der Waals surface area contributed by atoms with E-state index >= 15 is 0 Å². The fourth-order valence-electron chi connectivity index (χ4n) is 3.93. The van der Waals surface area contributed by atoms with Crippen LogP contribution in [0.25, 0.3) is 10.2 Å². The fourth-order valence-corrected chi connectivity index (χ4v) is 5.02. The Kier molecular flexibility index (Phi) is 5.74. The zero-order valence-corrected chi connectivity index (χ0v) is 17.4. The van der Waals surface area contributed by atoms with E-state index in [0.717, 1.165) is 55.7 Å². The van der Waals surface area contributed by atoms with Crippen molar-refractivity contribution in [2.75, 3.05) is 26.2 Å². The van der Waals surface area contributed by atoms with Crippen LogP contribution >= 0.6 is 11.3 Å². The summed E-state index contributed by atoms with van der Waals surface area (Å²) in [6.45, 7) is 7.89. The molecule has 3 aromatic rings. The first-order valence-corrected chi connectivity index (χ1v) is 10.9. The normalized spacial score (nSPS) is 16.9. The van der Waals surface area contributed by atoms with Gasteiger partial charge in [-0.3, -0.25) is 9.69 Å². The highest BCUT2D eigenvalue weighted by Gasteiger charge is 2.23. The maximum atomic E-state index is 12.9. The summed E-state index contributed by atoms with van der Waals surface area (Å²) in [5, 5.41) is 1.20. The van der Waals surface area contributed by atoms with Crippen molar-refractivity contribution >= 4 is 27.5 Å². The number of rotatable bonds is 4. The number of fused-ring (bicyclic) bond motifs is 1. The van der Waals surface area contributed by atoms with E-state index in [1.165, 1.54) is 9.71 Å². The summed E-state index contributed by atoms with van der Waals surface area (Å²) in [5.74, 6) is 0.157. The van der Waals surface area contributed by atoms with Gasteiger partial charge in [-0.25, -0.2) is 4.98 Å². The Balaban J connectivity index is 1.38. The second-order valence-corrected chi connectivity index (χ2v) is 8.79. The molecule has 0 radical (unpaired) electrons. The highest BCUT2D eigenvalue weighted by Crippen LogP contribution is 2.23. The van der Waals surface area contributed by atoms with Crippen LogP contribution in [0.1, 0.15) is 34.3 Å². The van der Waals surface area contributed by atoms with Gasteiger partial charge in [-0.2, -0.15) is 0 Å². The van der Waals surface area contributed by atoms with E-state index < -0.39 is 0 Å². The molecule has 1 atom stereocenters. The first-order chi connectivity index (χ1) is 13.6. The van der Waals surface area contributed by atoms with Crippen molar-refractivity contribution in [3.8, 4) is 0 Å². The number of nitrogens with zero attached hydrogens (tertiary/aromatic N) is 3. The molecule has 0 N–H and O–H groups in total. The van der Waals surface area contributed by atoms with E-state index in [2.05, 4.69) is 30.0 Å². The Morgan fingerprint density at radius 3 is 2.79 bits per heavy atom. The number of aromatic nitrogens is 1. The predicted octanol–water partition coefficient (Wildman–Crippen LogP) is 4.38. The zero-order chi connectivity index (χ0) is 19.5. The molecule has 2 aromatic carbocycles. The van der Waals surface area contributed by atoms with Gasteiger partial charge < -0.3 is 4.90 Å². The van der Waals surface area contributed by atoms with Crippen molar-refractivity contribution in [2.45, 2.75) is 32.7 Å². The van der Waals surface area contributed by atoms with E-state index in [1.54, 1.807) is 11.3 Å². The average Bonchev–Trinajstić information content (AvgIpc) is 2.93. The third-order valence-electron chi connectivity index (χ3n) is 5.51. The summed E-state index contributed by atoms with van der Waals surface area (Å²) in [5.41, 5.74) is 3.03. The van der Waals surface area contributed by atoms with Gasteiger partial charge in [-0.05, 0) is 44.5 Å². The van der Waals surface area contributed by atoms with Crippen molar-refractivity contribution in [3.05, 3.63) is 64.7 Å². The molecule has 146 valence electrons. The summed E-state index contributed by atoms with van der Waals surface area (Å²) in [6.07, 6.45) is 1.98. The Labute approximate surface area is 170 Å². The lowest BCUT2D eigenvalue weighted by molar-refractivity contribution is 0.0758. The number of benzene rings is 2. The summed E-state index contributed by atoms with van der Waals surface area (Å²) in [4.78, 5) is 22.2. The lowest BCUT2D eigenvalue weighted by Gasteiger charge is -2.27.